The number of rotatable bonds is 3. The second-order valence-corrected chi connectivity index (χ2v) is 8.29. The van der Waals surface area contributed by atoms with Crippen molar-refractivity contribution in [3.63, 3.8) is 0 Å². The molecule has 0 spiro atoms. The average molecular weight is 312 g/mol. The summed E-state index contributed by atoms with van der Waals surface area (Å²) in [7, 11) is 0. The number of benzene rings is 2. The molecule has 2 nitrogen and oxygen atoms in total. The number of fused-ring (bicyclic) bond motifs is 1. The smallest absolute Gasteiger partial charge is 0.310 e. The highest BCUT2D eigenvalue weighted by Gasteiger charge is 2.35. The van der Waals surface area contributed by atoms with E-state index in [-0.39, 0.29) is 17.3 Å². The lowest BCUT2D eigenvalue weighted by Gasteiger charge is -2.32. The molecule has 0 amide bonds. The molecule has 0 unspecified atom stereocenters. The molecule has 0 radical (unpaired) electrons. The Bertz CT molecular complexity index is 682. The number of esters is 1. The molecular formula is C21H28O2. The minimum absolute atomic E-state index is 0.113. The van der Waals surface area contributed by atoms with E-state index in [0.717, 1.165) is 0 Å². The largest absolute Gasteiger partial charge is 0.460 e. The van der Waals surface area contributed by atoms with Crippen molar-refractivity contribution in [2.45, 2.75) is 53.6 Å². The standard InChI is InChI=1S/C21H28O2/c1-20(2,3)18(19(22)23-21(4,5)6)14-16-12-9-11-15-10-7-8-13-17(15)16/h7-13,18H,14H2,1-6H3/t18-/m1/s1. The molecular weight excluding hydrogens is 284 g/mol. The summed E-state index contributed by atoms with van der Waals surface area (Å²) >= 11 is 0. The van der Waals surface area contributed by atoms with E-state index in [1.807, 2.05) is 32.9 Å². The van der Waals surface area contributed by atoms with Crippen LogP contribution in [-0.2, 0) is 16.0 Å². The molecule has 1 atom stereocenters. The van der Waals surface area contributed by atoms with Crippen molar-refractivity contribution in [3.8, 4) is 0 Å². The van der Waals surface area contributed by atoms with E-state index >= 15 is 0 Å². The van der Waals surface area contributed by atoms with Gasteiger partial charge >= 0.3 is 5.97 Å². The summed E-state index contributed by atoms with van der Waals surface area (Å²) in [4.78, 5) is 12.7. The van der Waals surface area contributed by atoms with Crippen LogP contribution in [0.1, 0.15) is 47.1 Å². The van der Waals surface area contributed by atoms with Gasteiger partial charge in [-0.3, -0.25) is 4.79 Å². The van der Waals surface area contributed by atoms with Crippen LogP contribution < -0.4 is 0 Å². The average Bonchev–Trinajstić information content (AvgIpc) is 2.41. The van der Waals surface area contributed by atoms with Gasteiger partial charge in [-0.1, -0.05) is 63.2 Å². The Balaban J connectivity index is 2.36. The van der Waals surface area contributed by atoms with Gasteiger partial charge in [0.05, 0.1) is 5.92 Å². The number of ether oxygens (including phenoxy) is 1. The van der Waals surface area contributed by atoms with Gasteiger partial charge in [0, 0.05) is 0 Å². The molecule has 0 N–H and O–H groups in total. The Labute approximate surface area is 139 Å². The number of hydrogen-bond donors (Lipinski definition) is 0. The number of carbonyl (C=O) groups excluding carboxylic acids is 1. The van der Waals surface area contributed by atoms with E-state index in [0.29, 0.717) is 6.42 Å². The number of carbonyl (C=O) groups is 1. The van der Waals surface area contributed by atoms with Crippen LogP contribution in [0.4, 0.5) is 0 Å². The Kier molecular flexibility index (Phi) is 4.84. The molecule has 23 heavy (non-hydrogen) atoms. The van der Waals surface area contributed by atoms with Crippen molar-refractivity contribution in [1.82, 2.24) is 0 Å². The van der Waals surface area contributed by atoms with Crippen LogP contribution in [0.2, 0.25) is 0 Å². The predicted octanol–water partition coefficient (Wildman–Crippen LogP) is 5.39. The van der Waals surface area contributed by atoms with Gasteiger partial charge in [-0.2, -0.15) is 0 Å². The van der Waals surface area contributed by atoms with Gasteiger partial charge in [-0.15, -0.1) is 0 Å². The second-order valence-electron chi connectivity index (χ2n) is 8.29. The van der Waals surface area contributed by atoms with E-state index in [9.17, 15) is 4.79 Å². The summed E-state index contributed by atoms with van der Waals surface area (Å²) in [5.41, 5.74) is 0.590. The topological polar surface area (TPSA) is 26.3 Å². The minimum Gasteiger partial charge on any atom is -0.460 e. The summed E-state index contributed by atoms with van der Waals surface area (Å²) in [6.45, 7) is 12.1. The van der Waals surface area contributed by atoms with Gasteiger partial charge in [0.1, 0.15) is 5.60 Å². The maximum Gasteiger partial charge on any atom is 0.310 e. The first-order chi connectivity index (χ1) is 10.6. The Hall–Kier alpha value is -1.83. The quantitative estimate of drug-likeness (QED) is 0.711. The van der Waals surface area contributed by atoms with Crippen molar-refractivity contribution in [3.05, 3.63) is 48.0 Å². The zero-order valence-electron chi connectivity index (χ0n) is 15.1. The fraction of sp³-hybridized carbons (Fsp3) is 0.476. The Morgan fingerprint density at radius 1 is 0.957 bits per heavy atom. The molecule has 0 saturated heterocycles. The Morgan fingerprint density at radius 3 is 2.17 bits per heavy atom. The van der Waals surface area contributed by atoms with Crippen molar-refractivity contribution in [2.75, 3.05) is 0 Å². The van der Waals surface area contributed by atoms with Crippen LogP contribution in [0.15, 0.2) is 42.5 Å². The van der Waals surface area contributed by atoms with Gasteiger partial charge in [0.15, 0.2) is 0 Å². The zero-order chi connectivity index (χ0) is 17.3. The van der Waals surface area contributed by atoms with Gasteiger partial charge in [-0.05, 0) is 48.9 Å². The van der Waals surface area contributed by atoms with E-state index in [1.165, 1.54) is 16.3 Å². The lowest BCUT2D eigenvalue weighted by Crippen LogP contribution is -2.36. The Morgan fingerprint density at radius 2 is 1.57 bits per heavy atom. The maximum atomic E-state index is 12.7. The van der Waals surface area contributed by atoms with Crippen LogP contribution in [0.5, 0.6) is 0 Å². The molecule has 0 fully saturated rings. The third-order valence-electron chi connectivity index (χ3n) is 4.04. The van der Waals surface area contributed by atoms with Gasteiger partial charge < -0.3 is 4.74 Å². The highest BCUT2D eigenvalue weighted by molar-refractivity contribution is 5.86. The molecule has 2 aromatic carbocycles. The molecule has 0 aliphatic heterocycles. The summed E-state index contributed by atoms with van der Waals surface area (Å²) in [5.74, 6) is -0.287. The van der Waals surface area contributed by atoms with Gasteiger partial charge in [0.2, 0.25) is 0 Å². The second kappa shape index (κ2) is 6.35. The van der Waals surface area contributed by atoms with Gasteiger partial charge in [0.25, 0.3) is 0 Å². The molecule has 2 aromatic rings. The lowest BCUT2D eigenvalue weighted by atomic mass is 9.76. The van der Waals surface area contributed by atoms with Crippen molar-refractivity contribution in [1.29, 1.82) is 0 Å². The van der Waals surface area contributed by atoms with Crippen molar-refractivity contribution >= 4 is 16.7 Å². The van der Waals surface area contributed by atoms with E-state index in [2.05, 4.69) is 51.1 Å². The molecule has 0 bridgehead atoms. The monoisotopic (exact) mass is 312 g/mol. The predicted molar refractivity (Wildman–Crippen MR) is 96.4 cm³/mol. The highest BCUT2D eigenvalue weighted by Crippen LogP contribution is 2.33. The van der Waals surface area contributed by atoms with Crippen molar-refractivity contribution < 1.29 is 9.53 Å². The van der Waals surface area contributed by atoms with Gasteiger partial charge in [-0.25, -0.2) is 0 Å². The van der Waals surface area contributed by atoms with Crippen molar-refractivity contribution in [2.24, 2.45) is 11.3 Å². The molecule has 0 saturated carbocycles. The molecule has 0 aliphatic rings. The summed E-state index contributed by atoms with van der Waals surface area (Å²) in [6, 6.07) is 14.6. The third-order valence-corrected chi connectivity index (χ3v) is 4.04. The summed E-state index contributed by atoms with van der Waals surface area (Å²) in [6.07, 6.45) is 0.694. The first kappa shape index (κ1) is 17.5. The highest BCUT2D eigenvalue weighted by atomic mass is 16.6. The maximum absolute atomic E-state index is 12.7. The van der Waals surface area contributed by atoms with E-state index in [4.69, 9.17) is 4.74 Å². The zero-order valence-corrected chi connectivity index (χ0v) is 15.1. The van der Waals surface area contributed by atoms with Crippen LogP contribution in [-0.4, -0.2) is 11.6 Å². The minimum atomic E-state index is -0.459. The summed E-state index contributed by atoms with van der Waals surface area (Å²) in [5, 5.41) is 2.43. The molecule has 124 valence electrons. The molecule has 0 heterocycles. The molecule has 0 aliphatic carbocycles. The number of hydrogen-bond acceptors (Lipinski definition) is 2. The first-order valence-corrected chi connectivity index (χ1v) is 8.27. The fourth-order valence-electron chi connectivity index (χ4n) is 2.81. The fourth-order valence-corrected chi connectivity index (χ4v) is 2.81. The van der Waals surface area contributed by atoms with Crippen LogP contribution in [0, 0.1) is 11.3 Å². The van der Waals surface area contributed by atoms with Crippen LogP contribution >= 0.6 is 0 Å². The van der Waals surface area contributed by atoms with E-state index in [1.54, 1.807) is 0 Å². The third kappa shape index (κ3) is 4.57. The molecule has 2 heteroatoms. The van der Waals surface area contributed by atoms with E-state index < -0.39 is 5.60 Å². The first-order valence-electron chi connectivity index (χ1n) is 8.27. The van der Waals surface area contributed by atoms with Crippen LogP contribution in [0.3, 0.4) is 0 Å². The van der Waals surface area contributed by atoms with Crippen LogP contribution in [0.25, 0.3) is 10.8 Å². The summed E-state index contributed by atoms with van der Waals surface area (Å²) < 4.78 is 5.67. The SMILES string of the molecule is CC(C)(C)OC(=O)[C@@H](Cc1cccc2ccccc12)C(C)(C)C. The molecule has 0 aromatic heterocycles. The molecule has 2 rings (SSSR count). The normalized spacial score (nSPS) is 13.8. The lowest BCUT2D eigenvalue weighted by molar-refractivity contribution is -0.163.